The predicted octanol–water partition coefficient (Wildman–Crippen LogP) is 5.46. The lowest BCUT2D eigenvalue weighted by Crippen LogP contribution is -1.96. The van der Waals surface area contributed by atoms with Crippen molar-refractivity contribution in [3.63, 3.8) is 0 Å². The number of nitrogens with one attached hydrogen (secondary N) is 2. The number of nitrogens with zero attached hydrogens (tertiary/aromatic N) is 2. The molecule has 142 valence electrons. The van der Waals surface area contributed by atoms with Crippen LogP contribution >= 0.6 is 0 Å². The van der Waals surface area contributed by atoms with Crippen molar-refractivity contribution in [3.05, 3.63) is 84.2 Å². The molecule has 0 atom stereocenters. The lowest BCUT2D eigenvalue weighted by molar-refractivity contribution is 0.134. The van der Waals surface area contributed by atoms with E-state index in [1.165, 1.54) is 11.1 Å². The maximum atomic E-state index is 5.54. The zero-order chi connectivity index (χ0) is 19.3. The van der Waals surface area contributed by atoms with Gasteiger partial charge in [-0.1, -0.05) is 18.2 Å². The maximum Gasteiger partial charge on any atom is 0.108 e. The second-order valence-electron chi connectivity index (χ2n) is 6.75. The van der Waals surface area contributed by atoms with Gasteiger partial charge in [-0.15, -0.1) is 0 Å². The molecule has 2 aromatic carbocycles. The average molecular weight is 372 g/mol. The van der Waals surface area contributed by atoms with Gasteiger partial charge in [-0.05, 0) is 73.0 Å². The van der Waals surface area contributed by atoms with Gasteiger partial charge in [0.1, 0.15) is 5.82 Å². The third-order valence-electron chi connectivity index (χ3n) is 4.52. The monoisotopic (exact) mass is 372 g/mol. The highest BCUT2D eigenvalue weighted by Crippen LogP contribution is 2.25. The number of anilines is 2. The number of aromatic amines is 1. The molecule has 0 fully saturated rings. The topological polar surface area (TPSA) is 54.9 Å². The molecule has 4 aromatic rings. The Balaban J connectivity index is 1.49. The van der Waals surface area contributed by atoms with Crippen molar-refractivity contribution in [2.24, 2.45) is 0 Å². The first kappa shape index (κ1) is 18.1. The van der Waals surface area contributed by atoms with Gasteiger partial charge in [-0.25, -0.2) is 4.68 Å². The molecule has 2 aromatic heterocycles. The Kier molecular flexibility index (Phi) is 5.26. The van der Waals surface area contributed by atoms with E-state index in [1.54, 1.807) is 6.20 Å². The molecule has 0 bridgehead atoms. The first-order valence-corrected chi connectivity index (χ1v) is 9.46. The number of hydrogen-bond donors (Lipinski definition) is 2. The van der Waals surface area contributed by atoms with Gasteiger partial charge in [0.15, 0.2) is 0 Å². The standard InChI is InChI=1S/C23H24N4O/c1-3-28-16-18-13-17(2)14-20(15-18)25-23-10-9-22(26-23)19-5-7-21(8-6-19)27-12-4-11-24-27/h4-15,25-26H,3,16H2,1-2H3. The van der Waals surface area contributed by atoms with Gasteiger partial charge in [0.2, 0.25) is 0 Å². The Morgan fingerprint density at radius 2 is 1.93 bits per heavy atom. The summed E-state index contributed by atoms with van der Waals surface area (Å²) in [5.74, 6) is 0.958. The summed E-state index contributed by atoms with van der Waals surface area (Å²) in [6.45, 7) is 5.46. The molecule has 0 radical (unpaired) electrons. The van der Waals surface area contributed by atoms with Gasteiger partial charge in [0.05, 0.1) is 12.3 Å². The smallest absolute Gasteiger partial charge is 0.108 e. The summed E-state index contributed by atoms with van der Waals surface area (Å²) < 4.78 is 7.39. The molecule has 28 heavy (non-hydrogen) atoms. The second-order valence-corrected chi connectivity index (χ2v) is 6.75. The van der Waals surface area contributed by atoms with Crippen molar-refractivity contribution >= 4 is 11.5 Å². The average Bonchev–Trinajstić information content (AvgIpc) is 3.38. The summed E-state index contributed by atoms with van der Waals surface area (Å²) in [6, 6.07) is 20.8. The molecule has 0 unspecified atom stereocenters. The maximum absolute atomic E-state index is 5.54. The van der Waals surface area contributed by atoms with Crippen molar-refractivity contribution < 1.29 is 4.74 Å². The van der Waals surface area contributed by atoms with Crippen LogP contribution in [0.2, 0.25) is 0 Å². The van der Waals surface area contributed by atoms with Crippen molar-refractivity contribution in [1.82, 2.24) is 14.8 Å². The zero-order valence-corrected chi connectivity index (χ0v) is 16.1. The second kappa shape index (κ2) is 8.15. The normalized spacial score (nSPS) is 10.9. The first-order chi connectivity index (χ1) is 13.7. The predicted molar refractivity (Wildman–Crippen MR) is 113 cm³/mol. The molecule has 4 rings (SSSR count). The summed E-state index contributed by atoms with van der Waals surface area (Å²) in [5.41, 5.74) is 6.67. The highest BCUT2D eigenvalue weighted by atomic mass is 16.5. The highest BCUT2D eigenvalue weighted by molar-refractivity contribution is 5.67. The van der Waals surface area contributed by atoms with Crippen LogP contribution in [-0.4, -0.2) is 21.4 Å². The molecule has 2 N–H and O–H groups in total. The minimum Gasteiger partial charge on any atom is -0.377 e. The molecular weight excluding hydrogens is 348 g/mol. The number of hydrogen-bond acceptors (Lipinski definition) is 3. The summed E-state index contributed by atoms with van der Waals surface area (Å²) in [6.07, 6.45) is 3.72. The van der Waals surface area contributed by atoms with Crippen LogP contribution in [0.15, 0.2) is 73.1 Å². The first-order valence-electron chi connectivity index (χ1n) is 9.46. The van der Waals surface area contributed by atoms with Gasteiger partial charge in [0.25, 0.3) is 0 Å². The number of rotatable bonds is 7. The van der Waals surface area contributed by atoms with Crippen LogP contribution in [-0.2, 0) is 11.3 Å². The largest absolute Gasteiger partial charge is 0.377 e. The summed E-state index contributed by atoms with van der Waals surface area (Å²) in [7, 11) is 0. The van der Waals surface area contributed by atoms with Gasteiger partial charge < -0.3 is 15.0 Å². The van der Waals surface area contributed by atoms with E-state index in [1.807, 2.05) is 23.9 Å². The van der Waals surface area contributed by atoms with Crippen molar-refractivity contribution in [2.45, 2.75) is 20.5 Å². The van der Waals surface area contributed by atoms with Gasteiger partial charge in [-0.2, -0.15) is 5.10 Å². The fourth-order valence-corrected chi connectivity index (χ4v) is 3.25. The van der Waals surface area contributed by atoms with Crippen LogP contribution in [0, 0.1) is 6.92 Å². The Morgan fingerprint density at radius 1 is 1.07 bits per heavy atom. The molecule has 0 saturated heterocycles. The van der Waals surface area contributed by atoms with Gasteiger partial charge >= 0.3 is 0 Å². The Morgan fingerprint density at radius 3 is 2.68 bits per heavy atom. The summed E-state index contributed by atoms with van der Waals surface area (Å²) >= 11 is 0. The minimum atomic E-state index is 0.630. The van der Waals surface area contributed by atoms with Crippen molar-refractivity contribution in [1.29, 1.82) is 0 Å². The number of benzene rings is 2. The third kappa shape index (κ3) is 4.15. The molecule has 5 nitrogen and oxygen atoms in total. The molecule has 0 aliphatic carbocycles. The summed E-state index contributed by atoms with van der Waals surface area (Å²) in [5, 5.41) is 7.72. The third-order valence-corrected chi connectivity index (χ3v) is 4.52. The number of ether oxygens (including phenoxy) is 1. The molecule has 0 aliphatic rings. The van der Waals surface area contributed by atoms with Crippen LogP contribution in [0.4, 0.5) is 11.5 Å². The molecular formula is C23H24N4O. The minimum absolute atomic E-state index is 0.630. The Bertz CT molecular complexity index is 1030. The SMILES string of the molecule is CCOCc1cc(C)cc(Nc2ccc(-c3ccc(-n4cccn4)cc3)[nH]2)c1. The van der Waals surface area contributed by atoms with E-state index >= 15 is 0 Å². The van der Waals surface area contributed by atoms with E-state index in [2.05, 4.69) is 76.9 Å². The van der Waals surface area contributed by atoms with Crippen LogP contribution in [0.1, 0.15) is 18.1 Å². The van der Waals surface area contributed by atoms with Crippen LogP contribution in [0.3, 0.4) is 0 Å². The van der Waals surface area contributed by atoms with Crippen molar-refractivity contribution in [3.8, 4) is 16.9 Å². The Hall–Kier alpha value is -3.31. The highest BCUT2D eigenvalue weighted by Gasteiger charge is 2.05. The molecule has 2 heterocycles. The molecule has 0 aliphatic heterocycles. The molecule has 0 amide bonds. The lowest BCUT2D eigenvalue weighted by atomic mass is 10.1. The van der Waals surface area contributed by atoms with Crippen LogP contribution in [0.25, 0.3) is 16.9 Å². The molecule has 5 heteroatoms. The van der Waals surface area contributed by atoms with E-state index in [4.69, 9.17) is 4.74 Å². The summed E-state index contributed by atoms with van der Waals surface area (Å²) in [4.78, 5) is 3.45. The fourth-order valence-electron chi connectivity index (χ4n) is 3.25. The van der Waals surface area contributed by atoms with Crippen LogP contribution in [0.5, 0.6) is 0 Å². The number of aromatic nitrogens is 3. The van der Waals surface area contributed by atoms with E-state index in [0.29, 0.717) is 6.61 Å². The van der Waals surface area contributed by atoms with Gasteiger partial charge in [0, 0.05) is 30.4 Å². The zero-order valence-electron chi connectivity index (χ0n) is 16.1. The van der Waals surface area contributed by atoms with E-state index in [-0.39, 0.29) is 0 Å². The number of aryl methyl sites for hydroxylation is 1. The fraction of sp³-hybridized carbons (Fsp3) is 0.174. The van der Waals surface area contributed by atoms with E-state index in [0.717, 1.165) is 35.1 Å². The van der Waals surface area contributed by atoms with E-state index < -0.39 is 0 Å². The molecule has 0 spiro atoms. The Labute approximate surface area is 165 Å². The van der Waals surface area contributed by atoms with E-state index in [9.17, 15) is 0 Å². The van der Waals surface area contributed by atoms with Crippen molar-refractivity contribution in [2.75, 3.05) is 11.9 Å². The van der Waals surface area contributed by atoms with Gasteiger partial charge in [-0.3, -0.25) is 0 Å². The van der Waals surface area contributed by atoms with Crippen LogP contribution < -0.4 is 5.32 Å². The lowest BCUT2D eigenvalue weighted by Gasteiger charge is -2.09. The molecule has 0 saturated carbocycles. The number of H-pyrrole nitrogens is 1. The quantitative estimate of drug-likeness (QED) is 0.453.